The average Bonchev–Trinajstić information content (AvgIpc) is 2.78. The van der Waals surface area contributed by atoms with Gasteiger partial charge in [-0.15, -0.1) is 11.8 Å². The van der Waals surface area contributed by atoms with Crippen LogP contribution in [0, 0.1) is 5.92 Å². The second-order valence-corrected chi connectivity index (χ2v) is 8.38. The van der Waals surface area contributed by atoms with Crippen LogP contribution in [0.1, 0.15) is 24.8 Å². The van der Waals surface area contributed by atoms with Gasteiger partial charge in [0.15, 0.2) is 0 Å². The monoisotopic (exact) mass is 411 g/mol. The minimum Gasteiger partial charge on any atom is -0.352 e. The normalized spacial score (nSPS) is 14.4. The van der Waals surface area contributed by atoms with Crippen molar-refractivity contribution in [1.29, 1.82) is 0 Å². The van der Waals surface area contributed by atoms with Crippen LogP contribution in [-0.4, -0.2) is 42.2 Å². The lowest BCUT2D eigenvalue weighted by molar-refractivity contribution is -0.126. The van der Waals surface area contributed by atoms with Crippen molar-refractivity contribution in [3.8, 4) is 0 Å². The Morgan fingerprint density at radius 2 is 1.59 bits per heavy atom. The van der Waals surface area contributed by atoms with Gasteiger partial charge in [-0.25, -0.2) is 4.79 Å². The topological polar surface area (TPSA) is 61.4 Å². The van der Waals surface area contributed by atoms with E-state index in [9.17, 15) is 9.59 Å². The van der Waals surface area contributed by atoms with Gasteiger partial charge in [0.1, 0.15) is 0 Å². The molecule has 2 aromatic rings. The molecule has 1 saturated heterocycles. The predicted molar refractivity (Wildman–Crippen MR) is 118 cm³/mol. The van der Waals surface area contributed by atoms with Gasteiger partial charge in [0.05, 0.1) is 0 Å². The molecule has 0 unspecified atom stereocenters. The van der Waals surface area contributed by atoms with E-state index in [4.69, 9.17) is 0 Å². The molecule has 2 N–H and O–H groups in total. The number of hydrogen-bond acceptors (Lipinski definition) is 3. The summed E-state index contributed by atoms with van der Waals surface area (Å²) in [6, 6.07) is 20.2. The van der Waals surface area contributed by atoms with Crippen molar-refractivity contribution in [2.45, 2.75) is 30.7 Å². The molecule has 29 heavy (non-hydrogen) atoms. The number of likely N-dealkylation sites (tertiary alicyclic amines) is 1. The van der Waals surface area contributed by atoms with Crippen LogP contribution < -0.4 is 10.6 Å². The molecule has 5 nitrogen and oxygen atoms in total. The molecule has 1 fully saturated rings. The number of hydrogen-bond donors (Lipinski definition) is 2. The minimum absolute atomic E-state index is 0.00923. The van der Waals surface area contributed by atoms with Crippen LogP contribution in [0.4, 0.5) is 4.79 Å². The third-order valence-corrected chi connectivity index (χ3v) is 6.17. The first-order valence-corrected chi connectivity index (χ1v) is 11.2. The fraction of sp³-hybridized carbons (Fsp3) is 0.391. The highest BCUT2D eigenvalue weighted by Gasteiger charge is 2.26. The van der Waals surface area contributed by atoms with Gasteiger partial charge in [-0.05, 0) is 42.7 Å². The molecule has 154 valence electrons. The van der Waals surface area contributed by atoms with Crippen LogP contribution in [-0.2, 0) is 11.3 Å². The summed E-state index contributed by atoms with van der Waals surface area (Å²) in [7, 11) is 0. The van der Waals surface area contributed by atoms with Crippen LogP contribution in [0.25, 0.3) is 0 Å². The maximum atomic E-state index is 12.4. The van der Waals surface area contributed by atoms with Crippen molar-refractivity contribution >= 4 is 23.7 Å². The number of benzene rings is 2. The van der Waals surface area contributed by atoms with E-state index in [0.717, 1.165) is 30.6 Å². The van der Waals surface area contributed by atoms with Gasteiger partial charge in [0.2, 0.25) is 5.91 Å². The molecule has 0 aliphatic carbocycles. The molecule has 1 heterocycles. The summed E-state index contributed by atoms with van der Waals surface area (Å²) in [5, 5.41) is 6.02. The molecule has 0 saturated carbocycles. The lowest BCUT2D eigenvalue weighted by Gasteiger charge is -2.31. The van der Waals surface area contributed by atoms with Crippen molar-refractivity contribution in [3.63, 3.8) is 0 Å². The summed E-state index contributed by atoms with van der Waals surface area (Å²) < 4.78 is 0. The summed E-state index contributed by atoms with van der Waals surface area (Å²) in [5.41, 5.74) is 1.10. The summed E-state index contributed by atoms with van der Waals surface area (Å²) in [5.74, 6) is 1.06. The number of carbonyl (C=O) groups excluding carboxylic acids is 2. The standard InChI is InChI=1S/C23H29N3O2S/c27-22(25-18-19-8-3-1-4-9-19)20-12-15-26(16-13-20)23(28)24-14-7-17-29-21-10-5-2-6-11-21/h1-6,8-11,20H,7,12-18H2,(H,24,28)(H,25,27). The van der Waals surface area contributed by atoms with Gasteiger partial charge < -0.3 is 15.5 Å². The molecule has 3 rings (SSSR count). The molecular weight excluding hydrogens is 382 g/mol. The summed E-state index contributed by atoms with van der Waals surface area (Å²) >= 11 is 1.80. The lowest BCUT2D eigenvalue weighted by atomic mass is 9.96. The second-order valence-electron chi connectivity index (χ2n) is 7.21. The lowest BCUT2D eigenvalue weighted by Crippen LogP contribution is -2.47. The third kappa shape index (κ3) is 7.13. The van der Waals surface area contributed by atoms with E-state index in [1.807, 2.05) is 53.4 Å². The van der Waals surface area contributed by atoms with Crippen LogP contribution in [0.2, 0.25) is 0 Å². The van der Waals surface area contributed by atoms with Crippen molar-refractivity contribution < 1.29 is 9.59 Å². The summed E-state index contributed by atoms with van der Waals surface area (Å²) in [6.45, 7) is 2.50. The summed E-state index contributed by atoms with van der Waals surface area (Å²) in [6.07, 6.45) is 2.37. The van der Waals surface area contributed by atoms with Gasteiger partial charge in [0.25, 0.3) is 0 Å². The van der Waals surface area contributed by atoms with Crippen molar-refractivity contribution in [2.24, 2.45) is 5.92 Å². The number of thioether (sulfide) groups is 1. The highest BCUT2D eigenvalue weighted by atomic mass is 32.2. The molecule has 1 aliphatic rings. The first kappa shape index (κ1) is 21.2. The number of nitrogens with zero attached hydrogens (tertiary/aromatic N) is 1. The largest absolute Gasteiger partial charge is 0.352 e. The quantitative estimate of drug-likeness (QED) is 0.511. The molecule has 0 atom stereocenters. The van der Waals surface area contributed by atoms with Crippen LogP contribution in [0.15, 0.2) is 65.6 Å². The number of carbonyl (C=O) groups is 2. The van der Waals surface area contributed by atoms with Crippen molar-refractivity contribution in [1.82, 2.24) is 15.5 Å². The zero-order chi connectivity index (χ0) is 20.3. The Balaban J connectivity index is 1.28. The number of amides is 3. The Kier molecular flexibility index (Phi) is 8.43. The molecule has 2 aromatic carbocycles. The maximum absolute atomic E-state index is 12.4. The second kappa shape index (κ2) is 11.5. The fourth-order valence-corrected chi connectivity index (χ4v) is 4.23. The molecule has 0 aromatic heterocycles. The molecule has 6 heteroatoms. The molecule has 0 radical (unpaired) electrons. The zero-order valence-electron chi connectivity index (χ0n) is 16.7. The predicted octanol–water partition coefficient (Wildman–Crippen LogP) is 3.91. The van der Waals surface area contributed by atoms with Gasteiger partial charge in [-0.2, -0.15) is 0 Å². The SMILES string of the molecule is O=C(NCc1ccccc1)C1CCN(C(=O)NCCCSc2ccccc2)CC1. The number of nitrogens with one attached hydrogen (secondary N) is 2. The first-order chi connectivity index (χ1) is 14.2. The van der Waals surface area contributed by atoms with Crippen LogP contribution >= 0.6 is 11.8 Å². The van der Waals surface area contributed by atoms with Crippen LogP contribution in [0.5, 0.6) is 0 Å². The Morgan fingerprint density at radius 1 is 0.931 bits per heavy atom. The average molecular weight is 412 g/mol. The Hall–Kier alpha value is -2.47. The molecule has 1 aliphatic heterocycles. The van der Waals surface area contributed by atoms with E-state index in [1.165, 1.54) is 4.90 Å². The Bertz CT molecular complexity index is 762. The molecule has 3 amide bonds. The first-order valence-electron chi connectivity index (χ1n) is 10.2. The Morgan fingerprint density at radius 3 is 2.28 bits per heavy atom. The van der Waals surface area contributed by atoms with Gasteiger partial charge in [0, 0.05) is 37.0 Å². The van der Waals surface area contributed by atoms with Gasteiger partial charge in [-0.1, -0.05) is 48.5 Å². The van der Waals surface area contributed by atoms with E-state index in [2.05, 4.69) is 22.8 Å². The Labute approximate surface area is 177 Å². The maximum Gasteiger partial charge on any atom is 0.317 e. The van der Waals surface area contributed by atoms with Crippen molar-refractivity contribution in [2.75, 3.05) is 25.4 Å². The number of piperidine rings is 1. The van der Waals surface area contributed by atoms with Crippen LogP contribution in [0.3, 0.4) is 0 Å². The molecule has 0 spiro atoms. The highest BCUT2D eigenvalue weighted by molar-refractivity contribution is 7.99. The fourth-order valence-electron chi connectivity index (χ4n) is 3.36. The van der Waals surface area contributed by atoms with E-state index in [0.29, 0.717) is 26.2 Å². The third-order valence-electron chi connectivity index (χ3n) is 5.07. The molecule has 0 bridgehead atoms. The smallest absolute Gasteiger partial charge is 0.317 e. The number of rotatable bonds is 8. The zero-order valence-corrected chi connectivity index (χ0v) is 17.5. The van der Waals surface area contributed by atoms with Gasteiger partial charge in [-0.3, -0.25) is 4.79 Å². The van der Waals surface area contributed by atoms with E-state index >= 15 is 0 Å². The van der Waals surface area contributed by atoms with E-state index < -0.39 is 0 Å². The molecular formula is C23H29N3O2S. The van der Waals surface area contributed by atoms with E-state index in [-0.39, 0.29) is 17.9 Å². The minimum atomic E-state index is -0.0159. The number of urea groups is 1. The highest BCUT2D eigenvalue weighted by Crippen LogP contribution is 2.19. The van der Waals surface area contributed by atoms with Crippen molar-refractivity contribution in [3.05, 3.63) is 66.2 Å². The van der Waals surface area contributed by atoms with Gasteiger partial charge >= 0.3 is 6.03 Å². The van der Waals surface area contributed by atoms with E-state index in [1.54, 1.807) is 11.8 Å². The summed E-state index contributed by atoms with van der Waals surface area (Å²) in [4.78, 5) is 27.8.